The Balaban J connectivity index is 1.57. The number of esters is 1. The van der Waals surface area contributed by atoms with Gasteiger partial charge in [0.05, 0.1) is 11.3 Å². The monoisotopic (exact) mass is 414 g/mol. The first-order valence-electron chi connectivity index (χ1n) is 9.68. The minimum atomic E-state index is -0.635. The van der Waals surface area contributed by atoms with Crippen LogP contribution in [0.3, 0.4) is 0 Å². The Morgan fingerprint density at radius 3 is 2.39 bits per heavy atom. The lowest BCUT2D eigenvalue weighted by Gasteiger charge is -2.12. The molecular weight excluding hydrogens is 392 g/mol. The van der Waals surface area contributed by atoms with Gasteiger partial charge in [0.15, 0.2) is 6.61 Å². The van der Waals surface area contributed by atoms with Crippen LogP contribution in [0.4, 0.5) is 11.4 Å². The summed E-state index contributed by atoms with van der Waals surface area (Å²) in [5.74, 6) is -1.54. The first kappa shape index (κ1) is 21.5. The van der Waals surface area contributed by atoms with E-state index in [9.17, 15) is 14.4 Å². The van der Waals surface area contributed by atoms with Crippen LogP contribution in [0.1, 0.15) is 21.5 Å². The molecule has 0 radical (unpaired) electrons. The van der Waals surface area contributed by atoms with Gasteiger partial charge in [-0.15, -0.1) is 0 Å². The highest BCUT2D eigenvalue weighted by molar-refractivity contribution is 6.10. The van der Waals surface area contributed by atoms with Crippen molar-refractivity contribution in [1.82, 2.24) is 0 Å². The van der Waals surface area contributed by atoms with E-state index in [-0.39, 0.29) is 5.91 Å². The molecule has 6 nitrogen and oxygen atoms in total. The molecule has 0 unspecified atom stereocenters. The number of carbonyl (C=O) groups excluding carboxylic acids is 3. The summed E-state index contributed by atoms with van der Waals surface area (Å²) in [5, 5.41) is 5.43. The van der Waals surface area contributed by atoms with Gasteiger partial charge in [-0.05, 0) is 48.4 Å². The van der Waals surface area contributed by atoms with E-state index in [4.69, 9.17) is 4.74 Å². The fraction of sp³-hybridized carbons (Fsp3) is 0.0800. The molecule has 0 saturated heterocycles. The molecule has 31 heavy (non-hydrogen) atoms. The summed E-state index contributed by atoms with van der Waals surface area (Å²) in [4.78, 5) is 36.7. The third-order valence-electron chi connectivity index (χ3n) is 4.28. The molecule has 0 saturated carbocycles. The molecular formula is C25H22N2O4. The van der Waals surface area contributed by atoms with Crippen molar-refractivity contribution in [2.24, 2.45) is 0 Å². The zero-order chi connectivity index (χ0) is 22.1. The largest absolute Gasteiger partial charge is 0.452 e. The quantitative estimate of drug-likeness (QED) is 0.442. The zero-order valence-electron chi connectivity index (χ0n) is 17.0. The summed E-state index contributed by atoms with van der Waals surface area (Å²) in [6.45, 7) is 1.46. The van der Waals surface area contributed by atoms with E-state index >= 15 is 0 Å². The number of anilines is 2. The van der Waals surface area contributed by atoms with Gasteiger partial charge in [-0.3, -0.25) is 9.59 Å². The Bertz CT molecular complexity index is 1110. The van der Waals surface area contributed by atoms with Gasteiger partial charge >= 0.3 is 5.97 Å². The Labute approximate surface area is 180 Å². The predicted octanol–water partition coefficient (Wildman–Crippen LogP) is 4.44. The summed E-state index contributed by atoms with van der Waals surface area (Å²) in [6, 6.07) is 23.3. The summed E-state index contributed by atoms with van der Waals surface area (Å²) in [7, 11) is 0. The van der Waals surface area contributed by atoms with Gasteiger partial charge in [0.1, 0.15) is 0 Å². The van der Waals surface area contributed by atoms with Gasteiger partial charge < -0.3 is 15.4 Å². The number of carbonyl (C=O) groups is 3. The number of nitrogens with one attached hydrogen (secondary N) is 2. The molecule has 156 valence electrons. The Hall–Kier alpha value is -4.19. The van der Waals surface area contributed by atoms with E-state index in [2.05, 4.69) is 10.6 Å². The van der Waals surface area contributed by atoms with Gasteiger partial charge in [0.2, 0.25) is 0 Å². The molecule has 0 spiro atoms. The van der Waals surface area contributed by atoms with Crippen molar-refractivity contribution in [1.29, 1.82) is 0 Å². The fourth-order valence-corrected chi connectivity index (χ4v) is 2.81. The van der Waals surface area contributed by atoms with E-state index in [1.807, 2.05) is 55.5 Å². The van der Waals surface area contributed by atoms with E-state index < -0.39 is 18.5 Å². The smallest absolute Gasteiger partial charge is 0.331 e. The maximum atomic E-state index is 12.7. The van der Waals surface area contributed by atoms with Crippen molar-refractivity contribution in [2.45, 2.75) is 6.92 Å². The van der Waals surface area contributed by atoms with Crippen LogP contribution in [0, 0.1) is 6.92 Å². The maximum Gasteiger partial charge on any atom is 0.331 e. The molecule has 0 aliphatic rings. The third kappa shape index (κ3) is 6.68. The van der Waals surface area contributed by atoms with E-state index in [1.165, 1.54) is 6.08 Å². The maximum absolute atomic E-state index is 12.7. The lowest BCUT2D eigenvalue weighted by molar-refractivity contribution is -0.142. The average Bonchev–Trinajstić information content (AvgIpc) is 2.77. The Morgan fingerprint density at radius 1 is 0.871 bits per heavy atom. The van der Waals surface area contributed by atoms with Crippen LogP contribution in [0.15, 0.2) is 84.9 Å². The second-order valence-corrected chi connectivity index (χ2v) is 6.77. The van der Waals surface area contributed by atoms with Gasteiger partial charge in [0, 0.05) is 11.8 Å². The fourth-order valence-electron chi connectivity index (χ4n) is 2.81. The second-order valence-electron chi connectivity index (χ2n) is 6.77. The Morgan fingerprint density at radius 2 is 1.61 bits per heavy atom. The molecule has 2 amide bonds. The summed E-state index contributed by atoms with van der Waals surface area (Å²) in [5.41, 5.74) is 3.14. The Kier molecular flexibility index (Phi) is 7.32. The van der Waals surface area contributed by atoms with Crippen LogP contribution in [-0.2, 0) is 14.3 Å². The van der Waals surface area contributed by atoms with E-state index in [0.717, 1.165) is 11.1 Å². The highest BCUT2D eigenvalue weighted by atomic mass is 16.5. The molecule has 3 aromatic rings. The molecule has 0 heterocycles. The average molecular weight is 414 g/mol. The van der Waals surface area contributed by atoms with E-state index in [0.29, 0.717) is 16.9 Å². The number of aryl methyl sites for hydroxylation is 1. The highest BCUT2D eigenvalue weighted by Gasteiger charge is 2.14. The lowest BCUT2D eigenvalue weighted by Crippen LogP contribution is -2.22. The molecule has 3 rings (SSSR count). The van der Waals surface area contributed by atoms with Crippen molar-refractivity contribution in [3.63, 3.8) is 0 Å². The standard InChI is InChI=1S/C25H22N2O4/c1-18-8-7-11-20(16-18)26-25(30)21-12-5-6-13-22(21)27-23(28)17-31-24(29)15-14-19-9-3-2-4-10-19/h2-16H,17H2,1H3,(H,26,30)(H,27,28)/b15-14+. The SMILES string of the molecule is Cc1cccc(NC(=O)c2ccccc2NC(=O)COC(=O)/C=C/c2ccccc2)c1. The molecule has 0 fully saturated rings. The first-order chi connectivity index (χ1) is 15.0. The van der Waals surface area contributed by atoms with Crippen molar-refractivity contribution in [3.05, 3.63) is 102 Å². The molecule has 2 N–H and O–H groups in total. The van der Waals surface area contributed by atoms with Crippen LogP contribution in [0.25, 0.3) is 6.08 Å². The number of benzene rings is 3. The summed E-state index contributed by atoms with van der Waals surface area (Å²) >= 11 is 0. The number of ether oxygens (including phenoxy) is 1. The second kappa shape index (κ2) is 10.5. The van der Waals surface area contributed by atoms with Crippen LogP contribution < -0.4 is 10.6 Å². The number of hydrogen-bond donors (Lipinski definition) is 2. The molecule has 3 aromatic carbocycles. The van der Waals surface area contributed by atoms with Crippen LogP contribution in [-0.4, -0.2) is 24.4 Å². The topological polar surface area (TPSA) is 84.5 Å². The molecule has 0 atom stereocenters. The number of para-hydroxylation sites is 1. The van der Waals surface area contributed by atoms with Crippen molar-refractivity contribution >= 4 is 35.2 Å². The van der Waals surface area contributed by atoms with Gasteiger partial charge in [0.25, 0.3) is 11.8 Å². The van der Waals surface area contributed by atoms with Crippen molar-refractivity contribution in [2.75, 3.05) is 17.2 Å². The van der Waals surface area contributed by atoms with Gasteiger partial charge in [-0.1, -0.05) is 54.6 Å². The predicted molar refractivity (Wildman–Crippen MR) is 121 cm³/mol. The van der Waals surface area contributed by atoms with Crippen LogP contribution in [0.2, 0.25) is 0 Å². The van der Waals surface area contributed by atoms with E-state index in [1.54, 1.807) is 36.4 Å². The first-order valence-corrected chi connectivity index (χ1v) is 9.68. The normalized spacial score (nSPS) is 10.5. The highest BCUT2D eigenvalue weighted by Crippen LogP contribution is 2.18. The van der Waals surface area contributed by atoms with Crippen molar-refractivity contribution < 1.29 is 19.1 Å². The molecule has 6 heteroatoms. The van der Waals surface area contributed by atoms with Crippen molar-refractivity contribution in [3.8, 4) is 0 Å². The summed E-state index contributed by atoms with van der Waals surface area (Å²) in [6.07, 6.45) is 2.86. The minimum absolute atomic E-state index is 0.299. The minimum Gasteiger partial charge on any atom is -0.452 e. The van der Waals surface area contributed by atoms with Gasteiger partial charge in [-0.25, -0.2) is 4.79 Å². The van der Waals surface area contributed by atoms with Crippen LogP contribution >= 0.6 is 0 Å². The summed E-state index contributed by atoms with van der Waals surface area (Å²) < 4.78 is 4.97. The molecule has 0 aliphatic heterocycles. The lowest BCUT2D eigenvalue weighted by atomic mass is 10.1. The molecule has 0 aliphatic carbocycles. The molecule has 0 aromatic heterocycles. The number of rotatable bonds is 7. The third-order valence-corrected chi connectivity index (χ3v) is 4.28. The van der Waals surface area contributed by atoms with Crippen LogP contribution in [0.5, 0.6) is 0 Å². The number of amides is 2. The molecule has 0 bridgehead atoms. The van der Waals surface area contributed by atoms with Gasteiger partial charge in [-0.2, -0.15) is 0 Å². The zero-order valence-corrected chi connectivity index (χ0v) is 17.0. The number of hydrogen-bond acceptors (Lipinski definition) is 4.